The van der Waals surface area contributed by atoms with Crippen LogP contribution >= 0.6 is 0 Å². The molecule has 2 aromatic heterocycles. The highest BCUT2D eigenvalue weighted by Gasteiger charge is 2.16. The van der Waals surface area contributed by atoms with E-state index in [1.165, 1.54) is 0 Å². The monoisotopic (exact) mass is 399 g/mol. The molecule has 0 saturated carbocycles. The van der Waals surface area contributed by atoms with E-state index in [2.05, 4.69) is 49.7 Å². The third-order valence-corrected chi connectivity index (χ3v) is 4.71. The molecule has 1 N–H and O–H groups in total. The Balaban J connectivity index is 1.35. The molecule has 0 atom stereocenters. The quantitative estimate of drug-likeness (QED) is 0.488. The van der Waals surface area contributed by atoms with Gasteiger partial charge in [-0.05, 0) is 17.2 Å². The molecule has 7 nitrogen and oxygen atoms in total. The molecule has 2 aromatic carbocycles. The smallest absolute Gasteiger partial charge is 0.240 e. The summed E-state index contributed by atoms with van der Waals surface area (Å²) in [6.07, 6.45) is 3.84. The molecule has 150 valence electrons. The summed E-state index contributed by atoms with van der Waals surface area (Å²) in [6.45, 7) is 0.514. The van der Waals surface area contributed by atoms with Crippen LogP contribution in [0.25, 0.3) is 11.6 Å². The molecule has 0 fully saturated rings. The number of amides is 1. The van der Waals surface area contributed by atoms with E-state index in [0.29, 0.717) is 30.5 Å². The fraction of sp³-hybridized carbons (Fsp3) is 0.174. The fourth-order valence-electron chi connectivity index (χ4n) is 3.19. The van der Waals surface area contributed by atoms with Crippen molar-refractivity contribution < 1.29 is 9.32 Å². The minimum absolute atomic E-state index is 0.0671. The van der Waals surface area contributed by atoms with Gasteiger partial charge in [-0.3, -0.25) is 4.79 Å². The van der Waals surface area contributed by atoms with Crippen molar-refractivity contribution in [2.45, 2.75) is 18.8 Å². The van der Waals surface area contributed by atoms with Gasteiger partial charge in [0.15, 0.2) is 0 Å². The number of nitrogens with zero attached hydrogens (tertiary/aromatic N) is 4. The number of nitrogens with one attached hydrogen (secondary N) is 1. The lowest BCUT2D eigenvalue weighted by atomic mass is 9.91. The first-order valence-corrected chi connectivity index (χ1v) is 9.76. The SMILES string of the molecule is O=C(CCc1nc(-c2ncccn2)no1)NCC(c1ccccc1)c1ccccc1. The average Bonchev–Trinajstić information content (AvgIpc) is 3.29. The van der Waals surface area contributed by atoms with Gasteiger partial charge in [-0.25, -0.2) is 9.97 Å². The van der Waals surface area contributed by atoms with Gasteiger partial charge in [-0.1, -0.05) is 65.8 Å². The van der Waals surface area contributed by atoms with Gasteiger partial charge in [-0.2, -0.15) is 4.98 Å². The molecule has 7 heteroatoms. The zero-order chi connectivity index (χ0) is 20.6. The lowest BCUT2D eigenvalue weighted by molar-refractivity contribution is -0.121. The molecule has 0 aliphatic carbocycles. The number of hydrogen-bond donors (Lipinski definition) is 1. The number of benzene rings is 2. The Morgan fingerprint density at radius 3 is 2.13 bits per heavy atom. The van der Waals surface area contributed by atoms with E-state index in [1.54, 1.807) is 18.5 Å². The maximum Gasteiger partial charge on any atom is 0.240 e. The van der Waals surface area contributed by atoms with Crippen LogP contribution in [0.15, 0.2) is 83.6 Å². The van der Waals surface area contributed by atoms with Crippen LogP contribution < -0.4 is 5.32 Å². The summed E-state index contributed by atoms with van der Waals surface area (Å²) in [5.41, 5.74) is 2.32. The molecule has 0 unspecified atom stereocenters. The summed E-state index contributed by atoms with van der Waals surface area (Å²) in [6, 6.07) is 22.1. The number of hydrogen-bond acceptors (Lipinski definition) is 6. The van der Waals surface area contributed by atoms with Crippen LogP contribution in [0.1, 0.15) is 29.4 Å². The van der Waals surface area contributed by atoms with Crippen molar-refractivity contribution in [2.75, 3.05) is 6.54 Å². The van der Waals surface area contributed by atoms with Gasteiger partial charge >= 0.3 is 0 Å². The highest BCUT2D eigenvalue weighted by atomic mass is 16.5. The van der Waals surface area contributed by atoms with E-state index in [0.717, 1.165) is 11.1 Å². The summed E-state index contributed by atoms with van der Waals surface area (Å²) >= 11 is 0. The van der Waals surface area contributed by atoms with Crippen molar-refractivity contribution in [2.24, 2.45) is 0 Å². The molecule has 0 aliphatic rings. The van der Waals surface area contributed by atoms with Gasteiger partial charge in [0.1, 0.15) is 0 Å². The normalized spacial score (nSPS) is 10.8. The first kappa shape index (κ1) is 19.4. The van der Waals surface area contributed by atoms with Crippen molar-refractivity contribution in [3.05, 3.63) is 96.1 Å². The molecular formula is C23H21N5O2. The molecule has 1 amide bonds. The zero-order valence-electron chi connectivity index (χ0n) is 16.3. The number of rotatable bonds is 8. The van der Waals surface area contributed by atoms with Crippen molar-refractivity contribution >= 4 is 5.91 Å². The lowest BCUT2D eigenvalue weighted by Gasteiger charge is -2.18. The largest absolute Gasteiger partial charge is 0.355 e. The molecule has 0 radical (unpaired) electrons. The molecule has 0 saturated heterocycles. The van der Waals surface area contributed by atoms with E-state index in [4.69, 9.17) is 4.52 Å². The first-order chi connectivity index (χ1) is 14.8. The molecule has 0 spiro atoms. The molecule has 4 aromatic rings. The van der Waals surface area contributed by atoms with Gasteiger partial charge in [0, 0.05) is 37.7 Å². The number of carbonyl (C=O) groups excluding carboxylic acids is 1. The minimum atomic E-state index is -0.0671. The second kappa shape index (κ2) is 9.56. The van der Waals surface area contributed by atoms with E-state index < -0.39 is 0 Å². The lowest BCUT2D eigenvalue weighted by Crippen LogP contribution is -2.29. The van der Waals surface area contributed by atoms with E-state index in [1.807, 2.05) is 36.4 Å². The third-order valence-electron chi connectivity index (χ3n) is 4.71. The van der Waals surface area contributed by atoms with Crippen LogP contribution in [-0.4, -0.2) is 32.6 Å². The Kier molecular flexibility index (Phi) is 6.19. The Morgan fingerprint density at radius 2 is 1.50 bits per heavy atom. The van der Waals surface area contributed by atoms with Crippen molar-refractivity contribution in [3.8, 4) is 11.6 Å². The molecule has 0 aliphatic heterocycles. The topological polar surface area (TPSA) is 93.8 Å². The van der Waals surface area contributed by atoms with Crippen LogP contribution in [0.4, 0.5) is 0 Å². The maximum absolute atomic E-state index is 12.4. The van der Waals surface area contributed by atoms with E-state index in [-0.39, 0.29) is 18.2 Å². The van der Waals surface area contributed by atoms with Crippen LogP contribution in [0.5, 0.6) is 0 Å². The van der Waals surface area contributed by atoms with Crippen molar-refractivity contribution in [1.29, 1.82) is 0 Å². The Morgan fingerprint density at radius 1 is 0.867 bits per heavy atom. The summed E-state index contributed by atoms with van der Waals surface area (Å²) in [7, 11) is 0. The maximum atomic E-state index is 12.4. The van der Waals surface area contributed by atoms with Gasteiger partial charge < -0.3 is 9.84 Å². The van der Waals surface area contributed by atoms with Crippen LogP contribution in [0, 0.1) is 0 Å². The molecule has 30 heavy (non-hydrogen) atoms. The van der Waals surface area contributed by atoms with E-state index in [9.17, 15) is 4.79 Å². The Bertz CT molecular complexity index is 1030. The third kappa shape index (κ3) is 4.94. The predicted octanol–water partition coefficient (Wildman–Crippen LogP) is 3.41. The molecule has 4 rings (SSSR count). The summed E-state index contributed by atoms with van der Waals surface area (Å²) in [4.78, 5) is 24.9. The van der Waals surface area contributed by atoms with Gasteiger partial charge in [0.25, 0.3) is 0 Å². The highest BCUT2D eigenvalue weighted by Crippen LogP contribution is 2.23. The Hall–Kier alpha value is -3.87. The molecule has 2 heterocycles. The van der Waals surface area contributed by atoms with Gasteiger partial charge in [0.2, 0.25) is 23.4 Å². The molecule has 0 bridgehead atoms. The standard InChI is InChI=1S/C23H21N5O2/c29-20(12-13-21-27-23(28-30-21)22-24-14-7-15-25-22)26-16-19(17-8-3-1-4-9-17)18-10-5-2-6-11-18/h1-11,14-15,19H,12-13,16H2,(H,26,29). The number of carbonyl (C=O) groups is 1. The second-order valence-electron chi connectivity index (χ2n) is 6.76. The Labute approximate surface area is 174 Å². The van der Waals surface area contributed by atoms with E-state index >= 15 is 0 Å². The van der Waals surface area contributed by atoms with Gasteiger partial charge in [-0.15, -0.1) is 0 Å². The second-order valence-corrected chi connectivity index (χ2v) is 6.76. The zero-order valence-corrected chi connectivity index (χ0v) is 16.3. The summed E-state index contributed by atoms with van der Waals surface area (Å²) in [5.74, 6) is 1.11. The summed E-state index contributed by atoms with van der Waals surface area (Å²) < 4.78 is 5.21. The first-order valence-electron chi connectivity index (χ1n) is 9.76. The van der Waals surface area contributed by atoms with Crippen LogP contribution in [0.3, 0.4) is 0 Å². The van der Waals surface area contributed by atoms with Crippen LogP contribution in [-0.2, 0) is 11.2 Å². The average molecular weight is 399 g/mol. The predicted molar refractivity (Wildman–Crippen MR) is 111 cm³/mol. The van der Waals surface area contributed by atoms with Crippen molar-refractivity contribution in [1.82, 2.24) is 25.4 Å². The van der Waals surface area contributed by atoms with Gasteiger partial charge in [0.05, 0.1) is 0 Å². The van der Waals surface area contributed by atoms with Crippen molar-refractivity contribution in [3.63, 3.8) is 0 Å². The number of aryl methyl sites for hydroxylation is 1. The summed E-state index contributed by atoms with van der Waals surface area (Å²) in [5, 5.41) is 6.91. The fourth-order valence-corrected chi connectivity index (χ4v) is 3.19. The molecular weight excluding hydrogens is 378 g/mol. The number of aromatic nitrogens is 4. The minimum Gasteiger partial charge on any atom is -0.355 e. The highest BCUT2D eigenvalue weighted by molar-refractivity contribution is 5.76. The van der Waals surface area contributed by atoms with Crippen LogP contribution in [0.2, 0.25) is 0 Å².